The van der Waals surface area contributed by atoms with Gasteiger partial charge < -0.3 is 19.9 Å². The van der Waals surface area contributed by atoms with Crippen LogP contribution in [-0.2, 0) is 6.42 Å². The molecule has 0 unspecified atom stereocenters. The standard InChI is InChI=1S/C22H24FN7O.ClH/c1-14-11-29-12-17(16(23)10-19(29)26-14)27-21(31)30-8-3-15-18(2-6-24-20(15)30)28-9-7-25-22(13-28)4-5-22;/h2,6,10-12,25H,3-5,7-9,13H2,1H3,(H,27,31);1H. The number of nitrogens with zero attached hydrogens (tertiary/aromatic N) is 5. The quantitative estimate of drug-likeness (QED) is 0.618. The molecule has 1 saturated carbocycles. The molecule has 0 bridgehead atoms. The Kier molecular flexibility index (Phi) is 4.98. The molecule has 8 nitrogen and oxygen atoms in total. The Balaban J connectivity index is 0.00000216. The van der Waals surface area contributed by atoms with Crippen LogP contribution < -0.4 is 20.4 Å². The third kappa shape index (κ3) is 3.45. The maximum atomic E-state index is 14.5. The number of carbonyl (C=O) groups excluding carboxylic acids is 1. The van der Waals surface area contributed by atoms with Crippen molar-refractivity contribution in [2.75, 3.05) is 41.3 Å². The van der Waals surface area contributed by atoms with Crippen LogP contribution in [0, 0.1) is 12.7 Å². The number of urea groups is 1. The van der Waals surface area contributed by atoms with Crippen molar-refractivity contribution in [3.05, 3.63) is 47.8 Å². The Morgan fingerprint density at radius 1 is 1.28 bits per heavy atom. The van der Waals surface area contributed by atoms with E-state index >= 15 is 0 Å². The molecule has 6 rings (SSSR count). The predicted molar refractivity (Wildman–Crippen MR) is 124 cm³/mol. The van der Waals surface area contributed by atoms with Gasteiger partial charge in [-0.15, -0.1) is 12.4 Å². The molecule has 1 saturated heterocycles. The minimum Gasteiger partial charge on any atom is -0.368 e. The van der Waals surface area contributed by atoms with Crippen molar-refractivity contribution in [2.45, 2.75) is 31.7 Å². The molecule has 5 heterocycles. The van der Waals surface area contributed by atoms with Gasteiger partial charge in [-0.25, -0.2) is 19.2 Å². The van der Waals surface area contributed by atoms with Crippen molar-refractivity contribution < 1.29 is 9.18 Å². The summed E-state index contributed by atoms with van der Waals surface area (Å²) in [7, 11) is 0. The molecule has 1 spiro atoms. The summed E-state index contributed by atoms with van der Waals surface area (Å²) in [6.07, 6.45) is 8.30. The molecule has 10 heteroatoms. The van der Waals surface area contributed by atoms with Crippen LogP contribution in [0.5, 0.6) is 0 Å². The van der Waals surface area contributed by atoms with Crippen molar-refractivity contribution >= 4 is 41.3 Å². The number of anilines is 3. The van der Waals surface area contributed by atoms with Gasteiger partial charge in [0.15, 0.2) is 5.82 Å². The minimum absolute atomic E-state index is 0. The molecular formula is C22H25ClFN7O. The molecule has 3 aliphatic rings. The van der Waals surface area contributed by atoms with Crippen molar-refractivity contribution in [3.8, 4) is 0 Å². The van der Waals surface area contributed by atoms with E-state index in [-0.39, 0.29) is 29.7 Å². The number of hydrogen-bond acceptors (Lipinski definition) is 5. The number of aromatic nitrogens is 3. The van der Waals surface area contributed by atoms with Crippen LogP contribution in [-0.4, -0.2) is 52.1 Å². The lowest BCUT2D eigenvalue weighted by atomic mass is 10.1. The predicted octanol–water partition coefficient (Wildman–Crippen LogP) is 3.14. The number of halogens is 2. The molecule has 3 aromatic heterocycles. The van der Waals surface area contributed by atoms with Gasteiger partial charge in [-0.2, -0.15) is 0 Å². The smallest absolute Gasteiger partial charge is 0.327 e. The summed E-state index contributed by atoms with van der Waals surface area (Å²) in [6, 6.07) is 3.00. The molecule has 2 aliphatic heterocycles. The second-order valence-electron chi connectivity index (χ2n) is 8.78. The van der Waals surface area contributed by atoms with Gasteiger partial charge in [-0.05, 0) is 32.3 Å². The van der Waals surface area contributed by atoms with Gasteiger partial charge in [0.25, 0.3) is 0 Å². The SMILES string of the molecule is Cc1cn2cc(NC(=O)N3CCc4c(N5CCNC6(CC6)C5)ccnc43)c(F)cc2n1.Cl. The average molecular weight is 458 g/mol. The van der Waals surface area contributed by atoms with Gasteiger partial charge in [0.2, 0.25) is 0 Å². The maximum Gasteiger partial charge on any atom is 0.327 e. The number of imidazole rings is 1. The minimum atomic E-state index is -0.511. The fraction of sp³-hybridized carbons (Fsp3) is 0.409. The van der Waals surface area contributed by atoms with E-state index in [9.17, 15) is 9.18 Å². The van der Waals surface area contributed by atoms with E-state index < -0.39 is 5.82 Å². The first kappa shape index (κ1) is 21.0. The summed E-state index contributed by atoms with van der Waals surface area (Å²) in [6.45, 7) is 5.27. The van der Waals surface area contributed by atoms with E-state index in [0.29, 0.717) is 18.0 Å². The highest BCUT2D eigenvalue weighted by Gasteiger charge is 2.46. The van der Waals surface area contributed by atoms with Gasteiger partial charge in [0, 0.05) is 67.6 Å². The van der Waals surface area contributed by atoms with Crippen molar-refractivity contribution in [1.82, 2.24) is 19.7 Å². The third-order valence-corrected chi connectivity index (χ3v) is 6.57. The zero-order valence-corrected chi connectivity index (χ0v) is 18.6. The van der Waals surface area contributed by atoms with Crippen LogP contribution in [0.25, 0.3) is 5.65 Å². The average Bonchev–Trinajstić information content (AvgIpc) is 3.18. The molecule has 1 aliphatic carbocycles. The molecule has 0 radical (unpaired) electrons. The highest BCUT2D eigenvalue weighted by Crippen LogP contribution is 2.41. The molecular weight excluding hydrogens is 433 g/mol. The first-order chi connectivity index (χ1) is 15.0. The molecule has 32 heavy (non-hydrogen) atoms. The molecule has 2 N–H and O–H groups in total. The van der Waals surface area contributed by atoms with Gasteiger partial charge in [0.05, 0.1) is 11.4 Å². The monoisotopic (exact) mass is 457 g/mol. The number of rotatable bonds is 2. The van der Waals surface area contributed by atoms with E-state index in [1.165, 1.54) is 18.9 Å². The van der Waals surface area contributed by atoms with Crippen molar-refractivity contribution in [3.63, 3.8) is 0 Å². The fourth-order valence-corrected chi connectivity index (χ4v) is 4.83. The van der Waals surface area contributed by atoms with Gasteiger partial charge in [0.1, 0.15) is 11.5 Å². The molecule has 2 fully saturated rings. The second-order valence-corrected chi connectivity index (χ2v) is 8.78. The van der Waals surface area contributed by atoms with Crippen LogP contribution in [0.3, 0.4) is 0 Å². The summed E-state index contributed by atoms with van der Waals surface area (Å²) in [4.78, 5) is 25.8. The number of amides is 2. The van der Waals surface area contributed by atoms with Gasteiger partial charge in [-0.1, -0.05) is 0 Å². The van der Waals surface area contributed by atoms with E-state index in [1.807, 2.05) is 6.92 Å². The summed E-state index contributed by atoms with van der Waals surface area (Å²) in [5, 5.41) is 6.35. The maximum absolute atomic E-state index is 14.5. The Hall–Kier alpha value is -2.91. The number of pyridine rings is 2. The second kappa shape index (κ2) is 7.60. The normalized spacial score (nSPS) is 18.6. The number of nitrogens with one attached hydrogen (secondary N) is 2. The summed E-state index contributed by atoms with van der Waals surface area (Å²) < 4.78 is 16.3. The molecule has 0 atom stereocenters. The first-order valence-corrected chi connectivity index (χ1v) is 10.7. The number of carbonyl (C=O) groups is 1. The van der Waals surface area contributed by atoms with E-state index in [4.69, 9.17) is 0 Å². The van der Waals surface area contributed by atoms with Gasteiger partial charge in [-0.3, -0.25) is 4.90 Å². The largest absolute Gasteiger partial charge is 0.368 e. The molecule has 2 amide bonds. The van der Waals surface area contributed by atoms with Crippen LogP contribution in [0.4, 0.5) is 26.4 Å². The zero-order chi connectivity index (χ0) is 21.2. The van der Waals surface area contributed by atoms with E-state index in [1.54, 1.807) is 27.9 Å². The van der Waals surface area contributed by atoms with Crippen molar-refractivity contribution in [2.24, 2.45) is 0 Å². The highest BCUT2D eigenvalue weighted by atomic mass is 35.5. The van der Waals surface area contributed by atoms with Crippen LogP contribution >= 0.6 is 12.4 Å². The Morgan fingerprint density at radius 2 is 2.12 bits per heavy atom. The third-order valence-electron chi connectivity index (χ3n) is 6.57. The lowest BCUT2D eigenvalue weighted by Gasteiger charge is -2.36. The first-order valence-electron chi connectivity index (χ1n) is 10.7. The summed E-state index contributed by atoms with van der Waals surface area (Å²) >= 11 is 0. The van der Waals surface area contributed by atoms with Crippen molar-refractivity contribution in [1.29, 1.82) is 0 Å². The van der Waals surface area contributed by atoms with E-state index in [2.05, 4.69) is 31.6 Å². The lowest BCUT2D eigenvalue weighted by molar-refractivity contribution is 0.257. The number of fused-ring (bicyclic) bond motifs is 2. The number of piperazine rings is 1. The van der Waals surface area contributed by atoms with Gasteiger partial charge >= 0.3 is 6.03 Å². The Bertz CT molecular complexity index is 1210. The van der Waals surface area contributed by atoms with Crippen LogP contribution in [0.1, 0.15) is 24.1 Å². The summed E-state index contributed by atoms with van der Waals surface area (Å²) in [5.41, 5.74) is 3.94. The Morgan fingerprint density at radius 3 is 2.94 bits per heavy atom. The molecule has 168 valence electrons. The fourth-order valence-electron chi connectivity index (χ4n) is 4.83. The number of aryl methyl sites for hydroxylation is 1. The van der Waals surface area contributed by atoms with Crippen LogP contribution in [0.15, 0.2) is 30.7 Å². The van der Waals surface area contributed by atoms with Crippen LogP contribution in [0.2, 0.25) is 0 Å². The molecule has 0 aromatic carbocycles. The zero-order valence-electron chi connectivity index (χ0n) is 17.8. The molecule has 3 aromatic rings. The summed E-state index contributed by atoms with van der Waals surface area (Å²) in [5.74, 6) is 0.154. The lowest BCUT2D eigenvalue weighted by Crippen LogP contribution is -2.52. The highest BCUT2D eigenvalue weighted by molar-refractivity contribution is 6.03. The Labute approximate surface area is 191 Å². The van der Waals surface area contributed by atoms with E-state index in [0.717, 1.165) is 43.0 Å². The number of hydrogen-bond donors (Lipinski definition) is 2. The topological polar surface area (TPSA) is 77.8 Å².